The van der Waals surface area contributed by atoms with Gasteiger partial charge >= 0.3 is 0 Å². The predicted molar refractivity (Wildman–Crippen MR) is 57.9 cm³/mol. The van der Waals surface area contributed by atoms with Crippen LogP contribution in [0.1, 0.15) is 51.4 Å². The lowest BCUT2D eigenvalue weighted by Crippen LogP contribution is -2.52. The van der Waals surface area contributed by atoms with Crippen molar-refractivity contribution < 1.29 is 0 Å². The lowest BCUT2D eigenvalue weighted by Gasteiger charge is -2.60. The van der Waals surface area contributed by atoms with Crippen LogP contribution in [0.3, 0.4) is 0 Å². The zero-order chi connectivity index (χ0) is 9.12. The number of fused-ring (bicyclic) bond motifs is 4. The Morgan fingerprint density at radius 1 is 0.357 bits per heavy atom. The fourth-order valence-corrected chi connectivity index (χ4v) is 5.86. The fraction of sp³-hybridized carbons (Fsp3) is 1.00. The largest absolute Gasteiger partial charge is 0.0499 e. The Morgan fingerprint density at radius 3 is 0.786 bits per heavy atom. The van der Waals surface area contributed by atoms with Crippen LogP contribution in [0.4, 0.5) is 0 Å². The summed E-state index contributed by atoms with van der Waals surface area (Å²) >= 11 is 0. The minimum absolute atomic E-state index is 1.18. The molecule has 0 saturated heterocycles. The Bertz CT molecular complexity index is 178. The second-order valence-electron chi connectivity index (χ2n) is 6.50. The molecule has 0 aromatic carbocycles. The first-order valence-electron chi connectivity index (χ1n) is 6.93. The molecular weight excluding hydrogens is 168 g/mol. The first-order valence-corrected chi connectivity index (χ1v) is 6.93. The summed E-state index contributed by atoms with van der Waals surface area (Å²) in [5.41, 5.74) is 0. The third-order valence-corrected chi connectivity index (χ3v) is 6.25. The van der Waals surface area contributed by atoms with E-state index in [1.54, 1.807) is 51.4 Å². The third-order valence-electron chi connectivity index (χ3n) is 6.25. The highest BCUT2D eigenvalue weighted by Gasteiger charge is 2.53. The van der Waals surface area contributed by atoms with Crippen LogP contribution in [-0.2, 0) is 0 Å². The second-order valence-corrected chi connectivity index (χ2v) is 6.50. The molecule has 0 heterocycles. The SMILES string of the molecule is C1CC2CCC1C1C3CCC(CC3)C21. The molecular formula is C14H22. The molecule has 14 heavy (non-hydrogen) atoms. The van der Waals surface area contributed by atoms with E-state index in [1.807, 2.05) is 0 Å². The molecule has 0 amide bonds. The summed E-state index contributed by atoms with van der Waals surface area (Å²) in [5.74, 6) is 7.15. The summed E-state index contributed by atoms with van der Waals surface area (Å²) in [4.78, 5) is 0. The van der Waals surface area contributed by atoms with E-state index in [1.165, 1.54) is 35.5 Å². The maximum atomic E-state index is 1.61. The van der Waals surface area contributed by atoms with Gasteiger partial charge in [-0.3, -0.25) is 0 Å². The Kier molecular flexibility index (Phi) is 1.62. The smallest absolute Gasteiger partial charge is 0.0324 e. The maximum Gasteiger partial charge on any atom is -0.0324 e. The van der Waals surface area contributed by atoms with E-state index in [2.05, 4.69) is 0 Å². The molecule has 6 rings (SSSR count). The van der Waals surface area contributed by atoms with Crippen LogP contribution < -0.4 is 0 Å². The van der Waals surface area contributed by atoms with Crippen molar-refractivity contribution in [3.63, 3.8) is 0 Å². The monoisotopic (exact) mass is 190 g/mol. The van der Waals surface area contributed by atoms with E-state index in [9.17, 15) is 0 Å². The molecule has 6 saturated carbocycles. The lowest BCUT2D eigenvalue weighted by molar-refractivity contribution is -0.106. The van der Waals surface area contributed by atoms with Gasteiger partial charge in [-0.15, -0.1) is 0 Å². The Labute approximate surface area is 87.5 Å². The lowest BCUT2D eigenvalue weighted by atomic mass is 9.45. The summed E-state index contributed by atoms with van der Waals surface area (Å²) in [6.07, 6.45) is 12.8. The van der Waals surface area contributed by atoms with Crippen molar-refractivity contribution in [1.82, 2.24) is 0 Å². The molecule has 0 aromatic rings. The summed E-state index contributed by atoms with van der Waals surface area (Å²) in [6, 6.07) is 0. The summed E-state index contributed by atoms with van der Waals surface area (Å²) < 4.78 is 0. The molecule has 0 aliphatic heterocycles. The van der Waals surface area contributed by atoms with Crippen LogP contribution in [0.5, 0.6) is 0 Å². The second kappa shape index (κ2) is 2.77. The van der Waals surface area contributed by atoms with Gasteiger partial charge in [0.25, 0.3) is 0 Å². The van der Waals surface area contributed by atoms with Gasteiger partial charge in [0.2, 0.25) is 0 Å². The highest BCUT2D eigenvalue weighted by atomic mass is 14.6. The molecule has 0 N–H and O–H groups in total. The van der Waals surface area contributed by atoms with Gasteiger partial charge in [0.1, 0.15) is 0 Å². The van der Waals surface area contributed by atoms with Crippen LogP contribution in [0.2, 0.25) is 0 Å². The maximum absolute atomic E-state index is 1.61. The van der Waals surface area contributed by atoms with Crippen molar-refractivity contribution in [2.45, 2.75) is 51.4 Å². The third kappa shape index (κ3) is 0.907. The molecule has 78 valence electrons. The Morgan fingerprint density at radius 2 is 0.571 bits per heavy atom. The van der Waals surface area contributed by atoms with Crippen molar-refractivity contribution in [2.24, 2.45) is 35.5 Å². The van der Waals surface area contributed by atoms with Crippen molar-refractivity contribution in [2.75, 3.05) is 0 Å². The van der Waals surface area contributed by atoms with Gasteiger partial charge in [-0.05, 0) is 86.9 Å². The van der Waals surface area contributed by atoms with Gasteiger partial charge in [0.05, 0.1) is 0 Å². The number of rotatable bonds is 0. The van der Waals surface area contributed by atoms with E-state index in [-0.39, 0.29) is 0 Å². The minimum atomic E-state index is 1.18. The zero-order valence-corrected chi connectivity index (χ0v) is 9.12. The molecule has 0 spiro atoms. The van der Waals surface area contributed by atoms with Gasteiger partial charge in [0.15, 0.2) is 0 Å². The van der Waals surface area contributed by atoms with Gasteiger partial charge < -0.3 is 0 Å². The summed E-state index contributed by atoms with van der Waals surface area (Å²) in [6.45, 7) is 0. The average molecular weight is 190 g/mol. The standard InChI is InChI=1S/C14H22/c1-2-10-4-3-9(1)13-11-5-7-12(8-6-11)14(10)13/h9-14H,1-8H2. The van der Waals surface area contributed by atoms with E-state index >= 15 is 0 Å². The zero-order valence-electron chi connectivity index (χ0n) is 9.12. The molecule has 4 bridgehead atoms. The highest BCUT2D eigenvalue weighted by molar-refractivity contribution is 5.03. The van der Waals surface area contributed by atoms with E-state index in [0.29, 0.717) is 0 Å². The summed E-state index contributed by atoms with van der Waals surface area (Å²) in [5, 5.41) is 0. The topological polar surface area (TPSA) is 0 Å². The van der Waals surface area contributed by atoms with Crippen LogP contribution in [-0.4, -0.2) is 0 Å². The first kappa shape index (κ1) is 8.19. The van der Waals surface area contributed by atoms with Gasteiger partial charge in [-0.25, -0.2) is 0 Å². The Balaban J connectivity index is 1.73. The Hall–Kier alpha value is 0. The van der Waals surface area contributed by atoms with Crippen LogP contribution >= 0.6 is 0 Å². The molecule has 0 nitrogen and oxygen atoms in total. The quantitative estimate of drug-likeness (QED) is 0.544. The molecule has 0 atom stereocenters. The molecule has 0 unspecified atom stereocenters. The highest BCUT2D eigenvalue weighted by Crippen LogP contribution is 2.62. The molecule has 0 heteroatoms. The van der Waals surface area contributed by atoms with Crippen molar-refractivity contribution in [3.8, 4) is 0 Å². The molecule has 6 aliphatic carbocycles. The normalized spacial score (nSPS) is 60.0. The van der Waals surface area contributed by atoms with Crippen LogP contribution in [0, 0.1) is 35.5 Å². The molecule has 6 fully saturated rings. The number of hydrogen-bond donors (Lipinski definition) is 0. The van der Waals surface area contributed by atoms with E-state index in [0.717, 1.165) is 0 Å². The van der Waals surface area contributed by atoms with E-state index < -0.39 is 0 Å². The number of hydrogen-bond acceptors (Lipinski definition) is 0. The van der Waals surface area contributed by atoms with E-state index in [4.69, 9.17) is 0 Å². The van der Waals surface area contributed by atoms with Crippen LogP contribution in [0.15, 0.2) is 0 Å². The molecule has 0 aromatic heterocycles. The van der Waals surface area contributed by atoms with Crippen LogP contribution in [0.25, 0.3) is 0 Å². The fourth-order valence-electron chi connectivity index (χ4n) is 5.86. The minimum Gasteiger partial charge on any atom is -0.0499 e. The molecule has 6 aliphatic rings. The average Bonchev–Trinajstić information content (AvgIpc) is 2.32. The van der Waals surface area contributed by atoms with Gasteiger partial charge in [-0.1, -0.05) is 0 Å². The van der Waals surface area contributed by atoms with Gasteiger partial charge in [0, 0.05) is 0 Å². The van der Waals surface area contributed by atoms with Crippen molar-refractivity contribution in [1.29, 1.82) is 0 Å². The van der Waals surface area contributed by atoms with Crippen molar-refractivity contribution >= 4 is 0 Å². The van der Waals surface area contributed by atoms with Crippen molar-refractivity contribution in [3.05, 3.63) is 0 Å². The molecule has 0 radical (unpaired) electrons. The van der Waals surface area contributed by atoms with Gasteiger partial charge in [-0.2, -0.15) is 0 Å². The first-order chi connectivity index (χ1) is 6.93. The predicted octanol–water partition coefficient (Wildman–Crippen LogP) is 3.86. The summed E-state index contributed by atoms with van der Waals surface area (Å²) in [7, 11) is 0.